The minimum atomic E-state index is -0.119. The summed E-state index contributed by atoms with van der Waals surface area (Å²) in [5, 5.41) is 5.65. The quantitative estimate of drug-likeness (QED) is 0.372. The van der Waals surface area contributed by atoms with E-state index in [0.717, 1.165) is 35.2 Å². The Balaban J connectivity index is 0.00000274. The van der Waals surface area contributed by atoms with Gasteiger partial charge in [-0.25, -0.2) is 0 Å². The highest BCUT2D eigenvalue weighted by Crippen LogP contribution is 2.20. The summed E-state index contributed by atoms with van der Waals surface area (Å²) in [6.07, 6.45) is 7.57. The van der Waals surface area contributed by atoms with E-state index in [1.165, 1.54) is 31.9 Å². The number of halogens is 1. The van der Waals surface area contributed by atoms with Gasteiger partial charge in [-0.2, -0.15) is 5.10 Å². The molecule has 2 aromatic carbocycles. The Morgan fingerprint density at radius 3 is 2.68 bits per heavy atom. The summed E-state index contributed by atoms with van der Waals surface area (Å²) in [4.78, 5) is 15.3. The number of benzene rings is 2. The Bertz CT molecular complexity index is 1280. The van der Waals surface area contributed by atoms with Gasteiger partial charge in [-0.3, -0.25) is 18.9 Å². The van der Waals surface area contributed by atoms with Crippen LogP contribution >= 0.6 is 12.4 Å². The number of piperidine rings is 1. The molecule has 0 saturated carbocycles. The summed E-state index contributed by atoms with van der Waals surface area (Å²) in [5.41, 5.74) is 2.87. The highest BCUT2D eigenvalue weighted by atomic mass is 35.5. The number of nitrogens with zero attached hydrogens (tertiary/aromatic N) is 4. The van der Waals surface area contributed by atoms with E-state index in [9.17, 15) is 4.79 Å². The third-order valence-corrected chi connectivity index (χ3v) is 6.58. The summed E-state index contributed by atoms with van der Waals surface area (Å²) in [7, 11) is 0. The zero-order valence-electron chi connectivity index (χ0n) is 19.5. The van der Waals surface area contributed by atoms with E-state index >= 15 is 0 Å². The average Bonchev–Trinajstić information content (AvgIpc) is 3.25. The fourth-order valence-electron chi connectivity index (χ4n) is 4.62. The van der Waals surface area contributed by atoms with Crippen LogP contribution in [0, 0.1) is 0 Å². The Morgan fingerprint density at radius 2 is 1.88 bits per heavy atom. The molecular formula is C27H31ClN4O2. The molecule has 1 aliphatic heterocycles. The second-order valence-electron chi connectivity index (χ2n) is 8.84. The van der Waals surface area contributed by atoms with Gasteiger partial charge in [0.1, 0.15) is 12.4 Å². The van der Waals surface area contributed by atoms with Crippen molar-refractivity contribution in [2.24, 2.45) is 0 Å². The summed E-state index contributed by atoms with van der Waals surface area (Å²) in [6, 6.07) is 20.0. The SMILES string of the molecule is CC1CCCCN1CCn1ncc2cc(-n3ccc(OCc4ccccc4)cc3=O)ccc21.Cl. The maximum absolute atomic E-state index is 12.8. The molecule has 34 heavy (non-hydrogen) atoms. The third kappa shape index (κ3) is 5.34. The fourth-order valence-corrected chi connectivity index (χ4v) is 4.62. The first-order chi connectivity index (χ1) is 16.2. The molecular weight excluding hydrogens is 448 g/mol. The fraction of sp³-hybridized carbons (Fsp3) is 0.333. The van der Waals surface area contributed by atoms with Gasteiger partial charge in [-0.1, -0.05) is 36.8 Å². The molecule has 7 heteroatoms. The van der Waals surface area contributed by atoms with E-state index in [4.69, 9.17) is 4.74 Å². The largest absolute Gasteiger partial charge is 0.489 e. The average molecular weight is 479 g/mol. The topological polar surface area (TPSA) is 52.3 Å². The maximum atomic E-state index is 12.8. The predicted octanol–water partition coefficient (Wildman–Crippen LogP) is 5.06. The van der Waals surface area contributed by atoms with E-state index in [2.05, 4.69) is 27.7 Å². The molecule has 3 heterocycles. The van der Waals surface area contributed by atoms with Crippen LogP contribution < -0.4 is 10.3 Å². The number of likely N-dealkylation sites (tertiary alicyclic amines) is 1. The van der Waals surface area contributed by atoms with Crippen molar-refractivity contribution in [1.29, 1.82) is 0 Å². The Labute approximate surface area is 206 Å². The van der Waals surface area contributed by atoms with Crippen molar-refractivity contribution in [3.63, 3.8) is 0 Å². The summed E-state index contributed by atoms with van der Waals surface area (Å²) in [6.45, 7) is 5.83. The minimum Gasteiger partial charge on any atom is -0.489 e. The Kier molecular flexibility index (Phi) is 7.70. The van der Waals surface area contributed by atoms with Gasteiger partial charge in [0.15, 0.2) is 0 Å². The smallest absolute Gasteiger partial charge is 0.258 e. The zero-order chi connectivity index (χ0) is 22.6. The molecule has 178 valence electrons. The van der Waals surface area contributed by atoms with Crippen LogP contribution in [0.2, 0.25) is 0 Å². The molecule has 1 aliphatic rings. The lowest BCUT2D eigenvalue weighted by Crippen LogP contribution is -2.39. The van der Waals surface area contributed by atoms with Gasteiger partial charge in [0.05, 0.1) is 18.3 Å². The van der Waals surface area contributed by atoms with Gasteiger partial charge >= 0.3 is 0 Å². The Morgan fingerprint density at radius 1 is 1.03 bits per heavy atom. The zero-order valence-corrected chi connectivity index (χ0v) is 20.3. The van der Waals surface area contributed by atoms with Gasteiger partial charge in [-0.15, -0.1) is 12.4 Å². The molecule has 6 nitrogen and oxygen atoms in total. The summed E-state index contributed by atoms with van der Waals surface area (Å²) < 4.78 is 9.50. The minimum absolute atomic E-state index is 0. The maximum Gasteiger partial charge on any atom is 0.258 e. The van der Waals surface area contributed by atoms with Crippen LogP contribution in [0.4, 0.5) is 0 Å². The van der Waals surface area contributed by atoms with Crippen molar-refractivity contribution >= 4 is 23.3 Å². The van der Waals surface area contributed by atoms with E-state index < -0.39 is 0 Å². The molecule has 1 atom stereocenters. The lowest BCUT2D eigenvalue weighted by atomic mass is 10.0. The standard InChI is InChI=1S/C27H30N4O2.ClH/c1-21-7-5-6-13-29(21)15-16-31-26-11-10-24(17-23(26)19-28-31)30-14-12-25(18-27(30)32)33-20-22-8-3-2-4-9-22;/h2-4,8-12,14,17-19,21H,5-7,13,15-16,20H2,1H3;1H. The molecule has 1 saturated heterocycles. The van der Waals surface area contributed by atoms with Crippen LogP contribution in [0.15, 0.2) is 77.9 Å². The number of rotatable bonds is 7. The number of hydrogen-bond donors (Lipinski definition) is 0. The van der Waals surface area contributed by atoms with Crippen LogP contribution in [-0.4, -0.2) is 38.4 Å². The molecule has 5 rings (SSSR count). The highest BCUT2D eigenvalue weighted by Gasteiger charge is 2.18. The molecule has 0 radical (unpaired) electrons. The van der Waals surface area contributed by atoms with Crippen LogP contribution in [0.3, 0.4) is 0 Å². The van der Waals surface area contributed by atoms with Crippen molar-refractivity contribution in [3.05, 3.63) is 89.0 Å². The van der Waals surface area contributed by atoms with E-state index in [-0.39, 0.29) is 18.0 Å². The normalized spacial score (nSPS) is 16.3. The molecule has 2 aromatic heterocycles. The Hall–Kier alpha value is -3.09. The van der Waals surface area contributed by atoms with Gasteiger partial charge in [0, 0.05) is 35.9 Å². The van der Waals surface area contributed by atoms with Gasteiger partial charge in [0.2, 0.25) is 0 Å². The number of aromatic nitrogens is 3. The van der Waals surface area contributed by atoms with Crippen LogP contribution in [-0.2, 0) is 13.2 Å². The van der Waals surface area contributed by atoms with Gasteiger partial charge in [-0.05, 0) is 56.1 Å². The van der Waals surface area contributed by atoms with Crippen LogP contribution in [0.1, 0.15) is 31.7 Å². The second-order valence-corrected chi connectivity index (χ2v) is 8.84. The van der Waals surface area contributed by atoms with Crippen LogP contribution in [0.5, 0.6) is 5.75 Å². The van der Waals surface area contributed by atoms with Gasteiger partial charge < -0.3 is 4.74 Å². The van der Waals surface area contributed by atoms with Crippen molar-refractivity contribution < 1.29 is 4.74 Å². The lowest BCUT2D eigenvalue weighted by Gasteiger charge is -2.33. The molecule has 1 unspecified atom stereocenters. The molecule has 1 fully saturated rings. The first-order valence-corrected chi connectivity index (χ1v) is 11.8. The second kappa shape index (κ2) is 10.9. The van der Waals surface area contributed by atoms with E-state index in [1.54, 1.807) is 10.8 Å². The third-order valence-electron chi connectivity index (χ3n) is 6.58. The van der Waals surface area contributed by atoms with Crippen molar-refractivity contribution in [3.8, 4) is 11.4 Å². The summed E-state index contributed by atoms with van der Waals surface area (Å²) >= 11 is 0. The highest BCUT2D eigenvalue weighted by molar-refractivity contribution is 5.85. The van der Waals surface area contributed by atoms with E-state index in [1.807, 2.05) is 54.7 Å². The molecule has 0 bridgehead atoms. The van der Waals surface area contributed by atoms with E-state index in [0.29, 0.717) is 18.4 Å². The number of ether oxygens (including phenoxy) is 1. The summed E-state index contributed by atoms with van der Waals surface area (Å²) in [5.74, 6) is 0.570. The molecule has 0 N–H and O–H groups in total. The first kappa shape index (κ1) is 24.0. The monoisotopic (exact) mass is 478 g/mol. The van der Waals surface area contributed by atoms with Crippen molar-refractivity contribution in [2.45, 2.75) is 45.4 Å². The lowest BCUT2D eigenvalue weighted by molar-refractivity contribution is 0.154. The van der Waals surface area contributed by atoms with Crippen LogP contribution in [0.25, 0.3) is 16.6 Å². The number of pyridine rings is 1. The number of hydrogen-bond acceptors (Lipinski definition) is 4. The molecule has 0 amide bonds. The molecule has 0 spiro atoms. The molecule has 0 aliphatic carbocycles. The number of fused-ring (bicyclic) bond motifs is 1. The van der Waals surface area contributed by atoms with Crippen molar-refractivity contribution in [2.75, 3.05) is 13.1 Å². The predicted molar refractivity (Wildman–Crippen MR) is 138 cm³/mol. The van der Waals surface area contributed by atoms with Crippen molar-refractivity contribution in [1.82, 2.24) is 19.2 Å². The molecule has 4 aromatic rings. The first-order valence-electron chi connectivity index (χ1n) is 11.8. The van der Waals surface area contributed by atoms with Gasteiger partial charge in [0.25, 0.3) is 5.56 Å².